The topological polar surface area (TPSA) is 91.7 Å². The van der Waals surface area contributed by atoms with Crippen LogP contribution in [0.15, 0.2) is 121 Å². The predicted molar refractivity (Wildman–Crippen MR) is 157 cm³/mol. The van der Waals surface area contributed by atoms with Gasteiger partial charge in [0, 0.05) is 34.6 Å². The van der Waals surface area contributed by atoms with Gasteiger partial charge in [-0.2, -0.15) is 0 Å². The summed E-state index contributed by atoms with van der Waals surface area (Å²) in [6, 6.07) is 36.5. The summed E-state index contributed by atoms with van der Waals surface area (Å²) in [5.74, 6) is 0.172. The first-order valence-corrected chi connectivity index (χ1v) is 13.3. The number of hydrogen-bond acceptors (Lipinski definition) is 6. The first kappa shape index (κ1) is 25.9. The minimum Gasteiger partial charge on any atom is -0.478 e. The summed E-state index contributed by atoms with van der Waals surface area (Å²) in [6.45, 7) is 2.36. The number of rotatable bonds is 8. The molecule has 7 nitrogen and oxygen atoms in total. The van der Waals surface area contributed by atoms with Crippen LogP contribution in [0.1, 0.15) is 23.6 Å². The first-order chi connectivity index (χ1) is 20.1. The zero-order valence-electron chi connectivity index (χ0n) is 22.4. The Labute approximate surface area is 237 Å². The fourth-order valence-corrected chi connectivity index (χ4v) is 5.21. The summed E-state index contributed by atoms with van der Waals surface area (Å²) in [6.07, 6.45) is 1.57. The molecule has 6 aromatic rings. The number of ether oxygens (including phenoxy) is 1. The lowest BCUT2D eigenvalue weighted by Crippen LogP contribution is -2.39. The van der Waals surface area contributed by atoms with Gasteiger partial charge >= 0.3 is 0 Å². The Bertz CT molecular complexity index is 1660. The molecule has 0 fully saturated rings. The Balaban J connectivity index is 1.58. The second-order valence-corrected chi connectivity index (χ2v) is 9.45. The molecule has 202 valence electrons. The van der Waals surface area contributed by atoms with Crippen LogP contribution in [0.25, 0.3) is 22.5 Å². The highest BCUT2D eigenvalue weighted by molar-refractivity contribution is 5.83. The molecule has 6 rings (SSSR count). The van der Waals surface area contributed by atoms with Gasteiger partial charge in [0.05, 0.1) is 6.61 Å². The summed E-state index contributed by atoms with van der Waals surface area (Å²) in [5.41, 5.74) is 9.44. The molecular formula is C33H27FN6O. The van der Waals surface area contributed by atoms with E-state index in [0.717, 1.165) is 16.7 Å². The maximum absolute atomic E-state index is 15.5. The van der Waals surface area contributed by atoms with Gasteiger partial charge in [-0.3, -0.25) is 0 Å². The number of tetrazole rings is 1. The summed E-state index contributed by atoms with van der Waals surface area (Å²) in [5, 5.41) is 14.0. The minimum absolute atomic E-state index is 0.229. The second-order valence-electron chi connectivity index (χ2n) is 9.45. The number of nitrogen functional groups attached to an aromatic ring is 1. The number of anilines is 1. The third kappa shape index (κ3) is 4.69. The standard InChI is InChI=1S/C33H27FN6O/c1-2-41-30-19-18-23(22-36-30)31-28(20-27(35)21-29(31)34)32-37-39-40(38-32)33(24-12-6-3-7-13-24,25-14-8-4-9-15-25)26-16-10-5-11-17-26/h3-22H,2,35H2,1H3. The van der Waals surface area contributed by atoms with Crippen LogP contribution >= 0.6 is 0 Å². The van der Waals surface area contributed by atoms with Crippen LogP contribution in [-0.2, 0) is 5.54 Å². The van der Waals surface area contributed by atoms with Crippen molar-refractivity contribution in [1.82, 2.24) is 25.2 Å². The number of benzene rings is 4. The van der Waals surface area contributed by atoms with Gasteiger partial charge in [-0.25, -0.2) is 9.37 Å². The highest BCUT2D eigenvalue weighted by Crippen LogP contribution is 2.41. The Morgan fingerprint density at radius 3 is 1.90 bits per heavy atom. The molecule has 41 heavy (non-hydrogen) atoms. The number of nitrogens with two attached hydrogens (primary N) is 1. The van der Waals surface area contributed by atoms with Crippen molar-refractivity contribution in [2.45, 2.75) is 12.5 Å². The van der Waals surface area contributed by atoms with E-state index in [2.05, 4.69) is 15.3 Å². The molecule has 0 unspecified atom stereocenters. The van der Waals surface area contributed by atoms with Crippen LogP contribution in [0.2, 0.25) is 0 Å². The maximum atomic E-state index is 15.5. The highest BCUT2D eigenvalue weighted by Gasteiger charge is 2.41. The van der Waals surface area contributed by atoms with Crippen LogP contribution in [0.3, 0.4) is 0 Å². The third-order valence-electron chi connectivity index (χ3n) is 6.96. The molecule has 0 aliphatic carbocycles. The molecule has 2 aromatic heterocycles. The van der Waals surface area contributed by atoms with Crippen molar-refractivity contribution in [1.29, 1.82) is 0 Å². The van der Waals surface area contributed by atoms with E-state index in [1.807, 2.05) is 97.9 Å². The summed E-state index contributed by atoms with van der Waals surface area (Å²) < 4.78 is 21.0. The zero-order chi connectivity index (χ0) is 28.2. The average Bonchev–Trinajstić information content (AvgIpc) is 3.50. The molecule has 0 aliphatic rings. The van der Waals surface area contributed by atoms with Gasteiger partial charge in [0.2, 0.25) is 11.7 Å². The molecule has 2 heterocycles. The van der Waals surface area contributed by atoms with E-state index in [-0.39, 0.29) is 17.1 Å². The van der Waals surface area contributed by atoms with Gasteiger partial charge < -0.3 is 10.5 Å². The fourth-order valence-electron chi connectivity index (χ4n) is 5.21. The number of aromatic nitrogens is 5. The predicted octanol–water partition coefficient (Wildman–Crippen LogP) is 6.36. The van der Waals surface area contributed by atoms with Crippen molar-refractivity contribution in [3.8, 4) is 28.4 Å². The molecule has 0 saturated heterocycles. The molecular weight excluding hydrogens is 515 g/mol. The Morgan fingerprint density at radius 2 is 1.39 bits per heavy atom. The molecule has 4 aromatic carbocycles. The SMILES string of the molecule is CCOc1ccc(-c2c(F)cc(N)cc2-c2nnn(C(c3ccccc3)(c3ccccc3)c3ccccc3)n2)cn1. The lowest BCUT2D eigenvalue weighted by atomic mass is 9.77. The van der Waals surface area contributed by atoms with Crippen molar-refractivity contribution in [3.05, 3.63) is 144 Å². The van der Waals surface area contributed by atoms with E-state index < -0.39 is 11.4 Å². The van der Waals surface area contributed by atoms with Gasteiger partial charge in [-0.1, -0.05) is 91.0 Å². The number of halogens is 1. The molecule has 0 amide bonds. The summed E-state index contributed by atoms with van der Waals surface area (Å²) in [4.78, 5) is 5.93. The second kappa shape index (κ2) is 11.0. The van der Waals surface area contributed by atoms with Crippen LogP contribution in [0, 0.1) is 5.82 Å². The van der Waals surface area contributed by atoms with Gasteiger partial charge in [0.15, 0.2) is 5.54 Å². The van der Waals surface area contributed by atoms with Crippen molar-refractivity contribution in [2.24, 2.45) is 0 Å². The quantitative estimate of drug-likeness (QED) is 0.178. The van der Waals surface area contributed by atoms with Crippen LogP contribution in [0.4, 0.5) is 10.1 Å². The van der Waals surface area contributed by atoms with Crippen LogP contribution in [0.5, 0.6) is 5.88 Å². The van der Waals surface area contributed by atoms with Crippen molar-refractivity contribution < 1.29 is 9.13 Å². The van der Waals surface area contributed by atoms with E-state index in [1.165, 1.54) is 6.07 Å². The Morgan fingerprint density at radius 1 is 0.805 bits per heavy atom. The lowest BCUT2D eigenvalue weighted by Gasteiger charge is -2.34. The summed E-state index contributed by atoms with van der Waals surface area (Å²) >= 11 is 0. The summed E-state index contributed by atoms with van der Waals surface area (Å²) in [7, 11) is 0. The highest BCUT2D eigenvalue weighted by atomic mass is 19.1. The normalized spacial score (nSPS) is 11.4. The number of pyridine rings is 1. The molecule has 0 atom stereocenters. The maximum Gasteiger partial charge on any atom is 0.213 e. The van der Waals surface area contributed by atoms with E-state index in [1.54, 1.807) is 29.2 Å². The van der Waals surface area contributed by atoms with Crippen LogP contribution < -0.4 is 10.5 Å². The zero-order valence-corrected chi connectivity index (χ0v) is 22.4. The van der Waals surface area contributed by atoms with Gasteiger partial charge in [0.1, 0.15) is 5.82 Å². The Hall–Kier alpha value is -5.37. The van der Waals surface area contributed by atoms with E-state index in [0.29, 0.717) is 23.6 Å². The first-order valence-electron chi connectivity index (χ1n) is 13.3. The largest absolute Gasteiger partial charge is 0.478 e. The van der Waals surface area contributed by atoms with Gasteiger partial charge in [-0.05, 0) is 47.0 Å². The molecule has 0 radical (unpaired) electrons. The van der Waals surface area contributed by atoms with Gasteiger partial charge in [0.25, 0.3) is 0 Å². The van der Waals surface area contributed by atoms with Crippen molar-refractivity contribution >= 4 is 5.69 Å². The van der Waals surface area contributed by atoms with Crippen LogP contribution in [-0.4, -0.2) is 31.8 Å². The third-order valence-corrected chi connectivity index (χ3v) is 6.96. The molecule has 2 N–H and O–H groups in total. The lowest BCUT2D eigenvalue weighted by molar-refractivity contribution is 0.327. The average molecular weight is 543 g/mol. The van der Waals surface area contributed by atoms with E-state index >= 15 is 4.39 Å². The smallest absolute Gasteiger partial charge is 0.213 e. The molecule has 8 heteroatoms. The minimum atomic E-state index is -0.964. The number of nitrogens with zero attached hydrogens (tertiary/aromatic N) is 5. The molecule has 0 spiro atoms. The van der Waals surface area contributed by atoms with Crippen molar-refractivity contribution in [2.75, 3.05) is 12.3 Å². The number of hydrogen-bond donors (Lipinski definition) is 1. The van der Waals surface area contributed by atoms with E-state index in [4.69, 9.17) is 15.6 Å². The van der Waals surface area contributed by atoms with Gasteiger partial charge in [-0.15, -0.1) is 15.0 Å². The van der Waals surface area contributed by atoms with Crippen molar-refractivity contribution in [3.63, 3.8) is 0 Å². The monoisotopic (exact) mass is 542 g/mol. The fraction of sp³-hybridized carbons (Fsp3) is 0.0909. The molecule has 0 aliphatic heterocycles. The van der Waals surface area contributed by atoms with E-state index in [9.17, 15) is 0 Å². The molecule has 0 saturated carbocycles. The Kier molecular flexibility index (Phi) is 6.95. The molecule has 0 bridgehead atoms.